The molecular weight excluding hydrogens is 294 g/mol. The first kappa shape index (κ1) is 14.2. The zero-order chi connectivity index (χ0) is 16.0. The van der Waals surface area contributed by atoms with Gasteiger partial charge in [-0.15, -0.1) is 0 Å². The average molecular weight is 313 g/mol. The van der Waals surface area contributed by atoms with Crippen LogP contribution in [0.2, 0.25) is 0 Å². The van der Waals surface area contributed by atoms with Gasteiger partial charge in [-0.3, -0.25) is 4.79 Å². The third-order valence-electron chi connectivity index (χ3n) is 4.50. The molecular formula is C17H19N3O3. The third-order valence-corrected chi connectivity index (χ3v) is 4.50. The Balaban J connectivity index is 1.59. The Labute approximate surface area is 134 Å². The van der Waals surface area contributed by atoms with E-state index in [1.54, 1.807) is 12.0 Å². The van der Waals surface area contributed by atoms with Crippen LogP contribution in [-0.4, -0.2) is 29.7 Å². The van der Waals surface area contributed by atoms with E-state index in [2.05, 4.69) is 10.1 Å². The van der Waals surface area contributed by atoms with E-state index in [9.17, 15) is 4.79 Å². The van der Waals surface area contributed by atoms with Gasteiger partial charge in [0.05, 0.1) is 18.7 Å². The molecule has 1 aliphatic carbocycles. The predicted octanol–water partition coefficient (Wildman–Crippen LogP) is 2.78. The average Bonchev–Trinajstić information content (AvgIpc) is 3.15. The number of amides is 1. The molecule has 1 saturated carbocycles. The predicted molar refractivity (Wildman–Crippen MR) is 83.7 cm³/mol. The van der Waals surface area contributed by atoms with E-state index < -0.39 is 0 Å². The van der Waals surface area contributed by atoms with Crippen LogP contribution in [0.1, 0.15) is 48.4 Å². The second-order valence-corrected chi connectivity index (χ2v) is 6.35. The Kier molecular flexibility index (Phi) is 3.32. The quantitative estimate of drug-likeness (QED) is 0.868. The van der Waals surface area contributed by atoms with Crippen LogP contribution in [0.15, 0.2) is 22.7 Å². The summed E-state index contributed by atoms with van der Waals surface area (Å²) in [6, 6.07) is 5.84. The van der Waals surface area contributed by atoms with Crippen molar-refractivity contribution in [2.45, 2.75) is 38.0 Å². The lowest BCUT2D eigenvalue weighted by molar-refractivity contribution is -0.117. The second-order valence-electron chi connectivity index (χ2n) is 6.35. The van der Waals surface area contributed by atoms with E-state index >= 15 is 0 Å². The minimum absolute atomic E-state index is 0.0484. The maximum atomic E-state index is 12.5. The summed E-state index contributed by atoms with van der Waals surface area (Å²) >= 11 is 0. The zero-order valence-corrected chi connectivity index (χ0v) is 13.3. The van der Waals surface area contributed by atoms with Crippen molar-refractivity contribution in [2.75, 3.05) is 18.6 Å². The van der Waals surface area contributed by atoms with Gasteiger partial charge in [0, 0.05) is 18.9 Å². The zero-order valence-electron chi connectivity index (χ0n) is 13.3. The number of carbonyl (C=O) groups is 1. The fourth-order valence-corrected chi connectivity index (χ4v) is 3.04. The van der Waals surface area contributed by atoms with E-state index in [-0.39, 0.29) is 11.8 Å². The SMILES string of the molecule is COc1ccc(C)cc1N1CC(c2nc(C3CC3)no2)CC1=O. The smallest absolute Gasteiger partial charge is 0.232 e. The van der Waals surface area contributed by atoms with Gasteiger partial charge >= 0.3 is 0 Å². The molecule has 2 heterocycles. The van der Waals surface area contributed by atoms with Gasteiger partial charge in [0.15, 0.2) is 5.82 Å². The van der Waals surface area contributed by atoms with Crippen LogP contribution >= 0.6 is 0 Å². The normalized spacial score (nSPS) is 21.0. The lowest BCUT2D eigenvalue weighted by Gasteiger charge is -2.19. The maximum absolute atomic E-state index is 12.5. The van der Waals surface area contributed by atoms with E-state index in [4.69, 9.17) is 9.26 Å². The van der Waals surface area contributed by atoms with Crippen LogP contribution in [0.5, 0.6) is 5.75 Å². The molecule has 0 bridgehead atoms. The van der Waals surface area contributed by atoms with Crippen LogP contribution in [0.25, 0.3) is 0 Å². The summed E-state index contributed by atoms with van der Waals surface area (Å²) in [7, 11) is 1.62. The van der Waals surface area contributed by atoms with Gasteiger partial charge in [-0.05, 0) is 37.5 Å². The number of methoxy groups -OCH3 is 1. The lowest BCUT2D eigenvalue weighted by Crippen LogP contribution is -2.25. The number of ether oxygens (including phenoxy) is 1. The van der Waals surface area contributed by atoms with Gasteiger partial charge in [0.25, 0.3) is 0 Å². The van der Waals surface area contributed by atoms with Gasteiger partial charge in [0.2, 0.25) is 11.8 Å². The molecule has 120 valence electrons. The van der Waals surface area contributed by atoms with Crippen molar-refractivity contribution in [2.24, 2.45) is 0 Å². The summed E-state index contributed by atoms with van der Waals surface area (Å²) < 4.78 is 10.8. The number of benzene rings is 1. The molecule has 0 spiro atoms. The standard InChI is InChI=1S/C17H19N3O3/c1-10-3-6-14(22-2)13(7-10)20-9-12(8-15(20)21)17-18-16(19-23-17)11-4-5-11/h3,6-7,11-12H,4-5,8-9H2,1-2H3. The summed E-state index contributed by atoms with van der Waals surface area (Å²) in [6.07, 6.45) is 2.66. The number of nitrogens with zero attached hydrogens (tertiary/aromatic N) is 3. The van der Waals surface area contributed by atoms with Gasteiger partial charge in [-0.25, -0.2) is 0 Å². The number of aromatic nitrogens is 2. The molecule has 0 radical (unpaired) electrons. The maximum Gasteiger partial charge on any atom is 0.232 e. The van der Waals surface area contributed by atoms with E-state index in [0.717, 1.165) is 29.9 Å². The molecule has 1 aromatic heterocycles. The Bertz CT molecular complexity index is 751. The molecule has 2 fully saturated rings. The van der Waals surface area contributed by atoms with Gasteiger partial charge in [0.1, 0.15) is 5.75 Å². The number of aryl methyl sites for hydroxylation is 1. The minimum atomic E-state index is -0.0484. The Morgan fingerprint density at radius 1 is 1.30 bits per heavy atom. The van der Waals surface area contributed by atoms with Gasteiger partial charge in [-0.1, -0.05) is 11.2 Å². The molecule has 4 rings (SSSR count). The first-order valence-electron chi connectivity index (χ1n) is 7.94. The van der Waals surface area contributed by atoms with E-state index in [0.29, 0.717) is 30.5 Å². The number of carbonyl (C=O) groups excluding carboxylic acids is 1. The van der Waals surface area contributed by atoms with Crippen molar-refractivity contribution in [3.05, 3.63) is 35.5 Å². The molecule has 1 unspecified atom stereocenters. The van der Waals surface area contributed by atoms with Gasteiger partial charge in [-0.2, -0.15) is 4.98 Å². The Hall–Kier alpha value is -2.37. The van der Waals surface area contributed by atoms with Crippen LogP contribution in [0.4, 0.5) is 5.69 Å². The monoisotopic (exact) mass is 313 g/mol. The summed E-state index contributed by atoms with van der Waals surface area (Å²) in [5, 5.41) is 4.05. The van der Waals surface area contributed by atoms with Crippen LogP contribution in [0.3, 0.4) is 0 Å². The molecule has 6 heteroatoms. The Morgan fingerprint density at radius 2 is 2.13 bits per heavy atom. The fraction of sp³-hybridized carbons (Fsp3) is 0.471. The van der Waals surface area contributed by atoms with Crippen LogP contribution < -0.4 is 9.64 Å². The van der Waals surface area contributed by atoms with Crippen molar-refractivity contribution in [1.82, 2.24) is 10.1 Å². The largest absolute Gasteiger partial charge is 0.495 e. The molecule has 1 saturated heterocycles. The van der Waals surface area contributed by atoms with Gasteiger partial charge < -0.3 is 14.2 Å². The molecule has 23 heavy (non-hydrogen) atoms. The second kappa shape index (κ2) is 5.37. The van der Waals surface area contributed by atoms with E-state index in [1.807, 2.05) is 25.1 Å². The third kappa shape index (κ3) is 2.58. The summed E-state index contributed by atoms with van der Waals surface area (Å²) in [5.74, 6) is 2.54. The highest BCUT2D eigenvalue weighted by atomic mass is 16.5. The molecule has 1 amide bonds. The summed E-state index contributed by atoms with van der Waals surface area (Å²) in [6.45, 7) is 2.55. The van der Waals surface area contributed by atoms with Crippen molar-refractivity contribution < 1.29 is 14.1 Å². The minimum Gasteiger partial charge on any atom is -0.495 e. The van der Waals surface area contributed by atoms with Crippen LogP contribution in [0, 0.1) is 6.92 Å². The molecule has 1 aromatic carbocycles. The number of rotatable bonds is 4. The summed E-state index contributed by atoms with van der Waals surface area (Å²) in [4.78, 5) is 18.7. The topological polar surface area (TPSA) is 68.5 Å². The summed E-state index contributed by atoms with van der Waals surface area (Å²) in [5.41, 5.74) is 1.90. The van der Waals surface area contributed by atoms with Crippen LogP contribution in [-0.2, 0) is 4.79 Å². The number of hydrogen-bond acceptors (Lipinski definition) is 5. The Morgan fingerprint density at radius 3 is 2.87 bits per heavy atom. The van der Waals surface area contributed by atoms with E-state index in [1.165, 1.54) is 0 Å². The lowest BCUT2D eigenvalue weighted by atomic mass is 10.1. The van der Waals surface area contributed by atoms with Crippen molar-refractivity contribution in [3.63, 3.8) is 0 Å². The highest BCUT2D eigenvalue weighted by molar-refractivity contribution is 5.97. The number of anilines is 1. The molecule has 1 atom stereocenters. The van der Waals surface area contributed by atoms with Crippen molar-refractivity contribution in [3.8, 4) is 5.75 Å². The first-order valence-corrected chi connectivity index (χ1v) is 7.94. The molecule has 0 N–H and O–H groups in total. The highest BCUT2D eigenvalue weighted by Gasteiger charge is 2.37. The van der Waals surface area contributed by atoms with Crippen molar-refractivity contribution >= 4 is 11.6 Å². The number of hydrogen-bond donors (Lipinski definition) is 0. The molecule has 1 aliphatic heterocycles. The molecule has 2 aromatic rings. The molecule has 2 aliphatic rings. The first-order chi connectivity index (χ1) is 11.2. The fourth-order valence-electron chi connectivity index (χ4n) is 3.04. The molecule has 6 nitrogen and oxygen atoms in total. The highest BCUT2D eigenvalue weighted by Crippen LogP contribution is 2.40. The van der Waals surface area contributed by atoms with Crippen molar-refractivity contribution in [1.29, 1.82) is 0 Å².